The lowest BCUT2D eigenvalue weighted by Gasteiger charge is -2.12. The van der Waals surface area contributed by atoms with Crippen LogP contribution >= 0.6 is 0 Å². The van der Waals surface area contributed by atoms with Gasteiger partial charge in [0, 0.05) is 11.1 Å². The summed E-state index contributed by atoms with van der Waals surface area (Å²) in [5.41, 5.74) is 7.58. The SMILES string of the molecule is COc1ccc(C)cc1-c1cccc(-c2cccc(-c3cc(C)ccc3OC)n2)n1. The molecule has 2 aromatic carbocycles. The van der Waals surface area contributed by atoms with Gasteiger partial charge < -0.3 is 9.47 Å². The van der Waals surface area contributed by atoms with Crippen LogP contribution < -0.4 is 9.47 Å². The van der Waals surface area contributed by atoms with Gasteiger partial charge in [0.2, 0.25) is 0 Å². The molecule has 4 heteroatoms. The molecular weight excluding hydrogens is 372 g/mol. The van der Waals surface area contributed by atoms with Crippen molar-refractivity contribution in [2.75, 3.05) is 14.2 Å². The van der Waals surface area contributed by atoms with Crippen molar-refractivity contribution in [1.29, 1.82) is 0 Å². The third-order valence-electron chi connectivity index (χ3n) is 5.02. The highest BCUT2D eigenvalue weighted by atomic mass is 16.5. The van der Waals surface area contributed by atoms with E-state index in [-0.39, 0.29) is 0 Å². The van der Waals surface area contributed by atoms with Crippen molar-refractivity contribution in [2.24, 2.45) is 0 Å². The van der Waals surface area contributed by atoms with E-state index in [9.17, 15) is 0 Å². The Hall–Kier alpha value is -3.66. The lowest BCUT2D eigenvalue weighted by atomic mass is 10.1. The van der Waals surface area contributed by atoms with Crippen LogP contribution in [-0.2, 0) is 0 Å². The van der Waals surface area contributed by atoms with Crippen molar-refractivity contribution in [1.82, 2.24) is 9.97 Å². The molecule has 0 spiro atoms. The number of aryl methyl sites for hydroxylation is 2. The topological polar surface area (TPSA) is 44.2 Å². The normalized spacial score (nSPS) is 10.7. The second-order valence-electron chi connectivity index (χ2n) is 7.22. The van der Waals surface area contributed by atoms with Crippen LogP contribution in [-0.4, -0.2) is 24.2 Å². The summed E-state index contributed by atoms with van der Waals surface area (Å²) >= 11 is 0. The first-order valence-corrected chi connectivity index (χ1v) is 9.83. The molecule has 0 saturated heterocycles. The number of methoxy groups -OCH3 is 2. The molecular formula is C26H24N2O2. The van der Waals surface area contributed by atoms with Gasteiger partial charge in [-0.05, 0) is 62.4 Å². The molecule has 0 unspecified atom stereocenters. The average Bonchev–Trinajstić information content (AvgIpc) is 2.79. The van der Waals surface area contributed by atoms with Gasteiger partial charge in [0.1, 0.15) is 11.5 Å². The van der Waals surface area contributed by atoms with Gasteiger partial charge in [-0.2, -0.15) is 0 Å². The minimum Gasteiger partial charge on any atom is -0.496 e. The molecule has 4 rings (SSSR count). The van der Waals surface area contributed by atoms with Crippen molar-refractivity contribution in [2.45, 2.75) is 13.8 Å². The van der Waals surface area contributed by atoms with Crippen LogP contribution in [0.3, 0.4) is 0 Å². The summed E-state index contributed by atoms with van der Waals surface area (Å²) in [4.78, 5) is 9.77. The lowest BCUT2D eigenvalue weighted by molar-refractivity contribution is 0.416. The number of nitrogens with zero attached hydrogens (tertiary/aromatic N) is 2. The fourth-order valence-corrected chi connectivity index (χ4v) is 3.50. The van der Waals surface area contributed by atoms with Gasteiger partial charge in [0.25, 0.3) is 0 Å². The first-order valence-electron chi connectivity index (χ1n) is 9.83. The molecule has 2 heterocycles. The number of hydrogen-bond acceptors (Lipinski definition) is 4. The van der Waals surface area contributed by atoms with Crippen molar-refractivity contribution in [3.05, 3.63) is 83.9 Å². The molecule has 150 valence electrons. The molecule has 0 aliphatic carbocycles. The zero-order valence-corrected chi connectivity index (χ0v) is 17.6. The highest BCUT2D eigenvalue weighted by Crippen LogP contribution is 2.33. The summed E-state index contributed by atoms with van der Waals surface area (Å²) in [6.07, 6.45) is 0. The largest absolute Gasteiger partial charge is 0.496 e. The number of rotatable bonds is 5. The fourth-order valence-electron chi connectivity index (χ4n) is 3.50. The van der Waals surface area contributed by atoms with E-state index in [1.165, 1.54) is 0 Å². The Morgan fingerprint density at radius 2 is 0.933 bits per heavy atom. The lowest BCUT2D eigenvalue weighted by Crippen LogP contribution is -1.95. The Morgan fingerprint density at radius 1 is 0.533 bits per heavy atom. The molecule has 0 saturated carbocycles. The van der Waals surface area contributed by atoms with Gasteiger partial charge in [-0.3, -0.25) is 0 Å². The minimum absolute atomic E-state index is 0.802. The molecule has 4 nitrogen and oxygen atoms in total. The van der Waals surface area contributed by atoms with Crippen LogP contribution in [0.2, 0.25) is 0 Å². The van der Waals surface area contributed by atoms with Crippen molar-refractivity contribution >= 4 is 0 Å². The zero-order chi connectivity index (χ0) is 21.1. The maximum Gasteiger partial charge on any atom is 0.128 e. The second kappa shape index (κ2) is 8.37. The predicted molar refractivity (Wildman–Crippen MR) is 121 cm³/mol. The highest BCUT2D eigenvalue weighted by Gasteiger charge is 2.12. The number of aromatic nitrogens is 2. The number of benzene rings is 2. The van der Waals surface area contributed by atoms with Gasteiger partial charge >= 0.3 is 0 Å². The van der Waals surface area contributed by atoms with E-state index in [1.807, 2.05) is 60.7 Å². The number of pyridine rings is 2. The molecule has 30 heavy (non-hydrogen) atoms. The molecule has 2 aromatic heterocycles. The van der Waals surface area contributed by atoms with Crippen molar-refractivity contribution < 1.29 is 9.47 Å². The standard InChI is InChI=1S/C26H24N2O2/c1-17-11-13-25(29-3)19(15-17)21-7-5-9-23(27-21)24-10-6-8-22(28-24)20-16-18(2)12-14-26(20)30-4/h5-16H,1-4H3. The van der Waals surface area contributed by atoms with E-state index in [0.717, 1.165) is 56.5 Å². The molecule has 4 aromatic rings. The van der Waals surface area contributed by atoms with Crippen molar-refractivity contribution in [3.8, 4) is 45.4 Å². The zero-order valence-electron chi connectivity index (χ0n) is 17.6. The average molecular weight is 396 g/mol. The Morgan fingerprint density at radius 3 is 1.33 bits per heavy atom. The molecule has 0 amide bonds. The molecule has 0 atom stereocenters. The summed E-state index contributed by atoms with van der Waals surface area (Å²) in [6.45, 7) is 4.13. The Balaban J connectivity index is 1.79. The van der Waals surface area contributed by atoms with Crippen LogP contribution in [0.1, 0.15) is 11.1 Å². The summed E-state index contributed by atoms with van der Waals surface area (Å²) in [6, 6.07) is 24.1. The van der Waals surface area contributed by atoms with Crippen LogP contribution in [0.5, 0.6) is 11.5 Å². The van der Waals surface area contributed by atoms with Crippen molar-refractivity contribution in [3.63, 3.8) is 0 Å². The third-order valence-corrected chi connectivity index (χ3v) is 5.02. The van der Waals surface area contributed by atoms with E-state index >= 15 is 0 Å². The van der Waals surface area contributed by atoms with E-state index in [0.29, 0.717) is 0 Å². The van der Waals surface area contributed by atoms with E-state index in [4.69, 9.17) is 19.4 Å². The molecule has 0 radical (unpaired) electrons. The van der Waals surface area contributed by atoms with Gasteiger partial charge in [-0.15, -0.1) is 0 Å². The Bertz CT molecular complexity index is 1110. The van der Waals surface area contributed by atoms with Crippen LogP contribution in [0, 0.1) is 13.8 Å². The summed E-state index contributed by atoms with van der Waals surface area (Å²) < 4.78 is 11.1. The monoisotopic (exact) mass is 396 g/mol. The molecule has 0 bridgehead atoms. The maximum atomic E-state index is 5.54. The van der Waals surface area contributed by atoms with E-state index in [1.54, 1.807) is 14.2 Å². The maximum absolute atomic E-state index is 5.54. The second-order valence-corrected chi connectivity index (χ2v) is 7.22. The van der Waals surface area contributed by atoms with E-state index in [2.05, 4.69) is 26.0 Å². The first-order chi connectivity index (χ1) is 14.6. The third kappa shape index (κ3) is 3.90. The summed E-state index contributed by atoms with van der Waals surface area (Å²) in [7, 11) is 3.36. The van der Waals surface area contributed by atoms with E-state index < -0.39 is 0 Å². The molecule has 0 fully saturated rings. The van der Waals surface area contributed by atoms with Gasteiger partial charge in [-0.1, -0.05) is 35.4 Å². The van der Waals surface area contributed by atoms with Crippen LogP contribution in [0.4, 0.5) is 0 Å². The smallest absolute Gasteiger partial charge is 0.128 e. The number of hydrogen-bond donors (Lipinski definition) is 0. The minimum atomic E-state index is 0.802. The van der Waals surface area contributed by atoms with Gasteiger partial charge in [-0.25, -0.2) is 9.97 Å². The fraction of sp³-hybridized carbons (Fsp3) is 0.154. The van der Waals surface area contributed by atoms with Crippen LogP contribution in [0.15, 0.2) is 72.8 Å². The molecule has 0 aliphatic rings. The quantitative estimate of drug-likeness (QED) is 0.408. The summed E-state index contributed by atoms with van der Waals surface area (Å²) in [5.74, 6) is 1.60. The number of ether oxygens (including phenoxy) is 2. The first kappa shape index (κ1) is 19.6. The molecule has 0 aliphatic heterocycles. The Labute approximate surface area is 177 Å². The van der Waals surface area contributed by atoms with Crippen LogP contribution in [0.25, 0.3) is 33.9 Å². The van der Waals surface area contributed by atoms with Gasteiger partial charge in [0.05, 0.1) is 37.0 Å². The Kier molecular flexibility index (Phi) is 5.48. The highest BCUT2D eigenvalue weighted by molar-refractivity contribution is 5.73. The molecule has 0 N–H and O–H groups in total. The van der Waals surface area contributed by atoms with Gasteiger partial charge in [0.15, 0.2) is 0 Å². The predicted octanol–water partition coefficient (Wildman–Crippen LogP) is 6.11. The summed E-state index contributed by atoms with van der Waals surface area (Å²) in [5, 5.41) is 0.